The Labute approximate surface area is 168 Å². The van der Waals surface area contributed by atoms with E-state index in [1.165, 1.54) is 34.7 Å². The predicted molar refractivity (Wildman–Crippen MR) is 93.6 cm³/mol. The summed E-state index contributed by atoms with van der Waals surface area (Å²) >= 11 is 0. The van der Waals surface area contributed by atoms with Gasteiger partial charge in [0.25, 0.3) is 23.6 Å². The van der Waals surface area contributed by atoms with Crippen molar-refractivity contribution >= 4 is 23.6 Å². The average molecular weight is 406 g/mol. The van der Waals surface area contributed by atoms with E-state index in [4.69, 9.17) is 0 Å². The number of rotatable bonds is 2. The van der Waals surface area contributed by atoms with E-state index in [2.05, 4.69) is 20.4 Å². The highest BCUT2D eigenvalue weighted by Crippen LogP contribution is 2.67. The molecule has 4 amide bonds. The van der Waals surface area contributed by atoms with Crippen LogP contribution in [0.1, 0.15) is 0 Å². The first-order valence-corrected chi connectivity index (χ1v) is 9.73. The molecule has 0 spiro atoms. The van der Waals surface area contributed by atoms with Crippen molar-refractivity contribution < 1.29 is 19.2 Å². The summed E-state index contributed by atoms with van der Waals surface area (Å²) in [7, 11) is 0. The number of fused-ring (bicyclic) bond motifs is 1. The Morgan fingerprint density at radius 1 is 0.533 bits per heavy atom. The minimum atomic E-state index is -0.538. The predicted octanol–water partition coefficient (Wildman–Crippen LogP) is -1.89. The summed E-state index contributed by atoms with van der Waals surface area (Å²) in [6, 6.07) is 0. The second-order valence-corrected chi connectivity index (χ2v) is 8.46. The fraction of sp³-hybridized carbons (Fsp3) is 0.444. The van der Waals surface area contributed by atoms with E-state index in [0.717, 1.165) is 10.0 Å². The van der Waals surface area contributed by atoms with E-state index in [0.29, 0.717) is 0 Å². The Balaban J connectivity index is 1.29. The summed E-state index contributed by atoms with van der Waals surface area (Å²) in [5, 5.41) is 16.9. The zero-order valence-electron chi connectivity index (χ0n) is 15.3. The number of aromatic nitrogens is 6. The second-order valence-electron chi connectivity index (χ2n) is 8.46. The van der Waals surface area contributed by atoms with Crippen LogP contribution in [0.5, 0.6) is 0 Å². The molecule has 2 bridgehead atoms. The standard InChI is InChI=1S/C18H14N8O4/c27-15-11-7-1-2-8(12(11)16(28)25(15)23-3-19-20-4-23)10-9(7)13-14(10)18(30)26(17(13)29)24-5-21-22-6-24/h1-14H/t7-,8+,9-,10-,11+,12-,13-,14-/m0/s1. The highest BCUT2D eigenvalue weighted by molar-refractivity contribution is 6.20. The van der Waals surface area contributed by atoms with Gasteiger partial charge in [-0.25, -0.2) is 9.35 Å². The van der Waals surface area contributed by atoms with Crippen LogP contribution in [-0.4, -0.2) is 53.4 Å². The van der Waals surface area contributed by atoms with Crippen molar-refractivity contribution in [1.82, 2.24) is 29.7 Å². The van der Waals surface area contributed by atoms with Gasteiger partial charge < -0.3 is 0 Å². The Morgan fingerprint density at radius 3 is 1.23 bits per heavy atom. The number of allylic oxidation sites excluding steroid dienone is 2. The molecule has 8 rings (SSSR count). The van der Waals surface area contributed by atoms with Crippen molar-refractivity contribution in [3.8, 4) is 0 Å². The molecular weight excluding hydrogens is 392 g/mol. The molecule has 0 radical (unpaired) electrons. The van der Waals surface area contributed by atoms with Crippen molar-refractivity contribution in [2.24, 2.45) is 47.3 Å². The highest BCUT2D eigenvalue weighted by atomic mass is 16.2. The average Bonchev–Trinajstić information content (AvgIpc) is 3.47. The van der Waals surface area contributed by atoms with Gasteiger partial charge >= 0.3 is 0 Å². The summed E-state index contributed by atoms with van der Waals surface area (Å²) in [6.45, 7) is 0. The molecule has 4 heterocycles. The topological polar surface area (TPSA) is 136 Å². The fourth-order valence-corrected chi connectivity index (χ4v) is 6.62. The van der Waals surface area contributed by atoms with Gasteiger partial charge in [0.15, 0.2) is 0 Å². The number of nitrogens with zero attached hydrogens (tertiary/aromatic N) is 8. The molecule has 2 aromatic rings. The molecule has 2 saturated heterocycles. The first-order valence-electron chi connectivity index (χ1n) is 9.73. The van der Waals surface area contributed by atoms with Crippen LogP contribution in [0.15, 0.2) is 37.5 Å². The molecule has 2 saturated carbocycles. The summed E-state index contributed by atoms with van der Waals surface area (Å²) in [4.78, 5) is 52.7. The van der Waals surface area contributed by atoms with Crippen molar-refractivity contribution in [1.29, 1.82) is 0 Å². The lowest BCUT2D eigenvalue weighted by atomic mass is 9.40. The maximum atomic E-state index is 13.2. The largest absolute Gasteiger partial charge is 0.272 e. The fourth-order valence-electron chi connectivity index (χ4n) is 6.62. The van der Waals surface area contributed by atoms with Crippen molar-refractivity contribution in [2.75, 3.05) is 10.0 Å². The van der Waals surface area contributed by atoms with Crippen LogP contribution in [0.4, 0.5) is 0 Å². The van der Waals surface area contributed by atoms with E-state index in [-0.39, 0.29) is 47.3 Å². The van der Waals surface area contributed by atoms with E-state index in [9.17, 15) is 19.2 Å². The smallest absolute Gasteiger partial charge is 0.253 e. The number of carbonyl (C=O) groups is 4. The SMILES string of the molecule is O=C1[C@@H]2[C@H]3C=C[C@@H]([C@@H]2C(=O)N1n1cnnc1)[C@@H]1[C@@H]2C(=O)N(n4cnnc4)C(=O)[C@H]2[C@@H]31. The summed E-state index contributed by atoms with van der Waals surface area (Å²) < 4.78 is 2.60. The van der Waals surface area contributed by atoms with Gasteiger partial charge in [-0.2, -0.15) is 10.0 Å². The van der Waals surface area contributed by atoms with Crippen LogP contribution in [0.3, 0.4) is 0 Å². The van der Waals surface area contributed by atoms with Gasteiger partial charge in [-0.05, 0) is 23.7 Å². The molecule has 6 aliphatic rings. The number of amides is 4. The van der Waals surface area contributed by atoms with Crippen LogP contribution in [0.2, 0.25) is 0 Å². The molecule has 12 heteroatoms. The second kappa shape index (κ2) is 5.07. The lowest BCUT2D eigenvalue weighted by molar-refractivity contribution is -0.166. The van der Waals surface area contributed by atoms with Gasteiger partial charge in [-0.1, -0.05) is 12.2 Å². The van der Waals surface area contributed by atoms with E-state index in [1.807, 2.05) is 12.2 Å². The first-order chi connectivity index (χ1) is 14.6. The van der Waals surface area contributed by atoms with Crippen molar-refractivity contribution in [3.63, 3.8) is 0 Å². The van der Waals surface area contributed by atoms with Gasteiger partial charge in [-0.3, -0.25) is 19.2 Å². The van der Waals surface area contributed by atoms with Gasteiger partial charge in [0.1, 0.15) is 25.3 Å². The van der Waals surface area contributed by atoms with E-state index >= 15 is 0 Å². The van der Waals surface area contributed by atoms with Gasteiger partial charge in [0.05, 0.1) is 23.7 Å². The third-order valence-corrected chi connectivity index (χ3v) is 7.57. The van der Waals surface area contributed by atoms with E-state index in [1.54, 1.807) is 0 Å². The minimum absolute atomic E-state index is 0.137. The molecule has 0 aromatic carbocycles. The number of imide groups is 2. The summed E-state index contributed by atoms with van der Waals surface area (Å²) in [5.74, 6) is -4.06. The maximum absolute atomic E-state index is 13.2. The molecule has 4 fully saturated rings. The van der Waals surface area contributed by atoms with Crippen molar-refractivity contribution in [2.45, 2.75) is 0 Å². The molecule has 0 N–H and O–H groups in total. The molecule has 12 nitrogen and oxygen atoms in total. The quantitative estimate of drug-likeness (QED) is 0.417. The van der Waals surface area contributed by atoms with Crippen LogP contribution in [-0.2, 0) is 19.2 Å². The summed E-state index contributed by atoms with van der Waals surface area (Å²) in [5.41, 5.74) is 0. The molecule has 30 heavy (non-hydrogen) atoms. The van der Waals surface area contributed by atoms with Gasteiger partial charge in [-0.15, -0.1) is 20.4 Å². The third-order valence-electron chi connectivity index (χ3n) is 7.57. The van der Waals surface area contributed by atoms with Crippen LogP contribution in [0, 0.1) is 47.3 Å². The van der Waals surface area contributed by atoms with Crippen molar-refractivity contribution in [3.05, 3.63) is 37.5 Å². The monoisotopic (exact) mass is 406 g/mol. The zero-order chi connectivity index (χ0) is 20.3. The zero-order valence-corrected chi connectivity index (χ0v) is 15.3. The molecule has 150 valence electrons. The Bertz CT molecular complexity index is 1100. The Hall–Kier alpha value is -3.70. The normalized spacial score (nSPS) is 40.7. The van der Waals surface area contributed by atoms with E-state index < -0.39 is 23.7 Å². The molecule has 8 atom stereocenters. The van der Waals surface area contributed by atoms with Crippen LogP contribution >= 0.6 is 0 Å². The minimum Gasteiger partial charge on any atom is -0.272 e. The number of hydrogen-bond acceptors (Lipinski definition) is 8. The lowest BCUT2D eigenvalue weighted by Crippen LogP contribution is -2.63. The summed E-state index contributed by atoms with van der Waals surface area (Å²) in [6.07, 6.45) is 9.18. The Kier molecular flexibility index (Phi) is 2.73. The number of carbonyl (C=O) groups excluding carboxylic acids is 4. The molecule has 0 unspecified atom stereocenters. The van der Waals surface area contributed by atoms with Gasteiger partial charge in [0.2, 0.25) is 0 Å². The molecule has 4 aliphatic carbocycles. The third kappa shape index (κ3) is 1.58. The highest BCUT2D eigenvalue weighted by Gasteiger charge is 2.75. The molecule has 2 aromatic heterocycles. The maximum Gasteiger partial charge on any atom is 0.253 e. The van der Waals surface area contributed by atoms with Crippen LogP contribution in [0.25, 0.3) is 0 Å². The van der Waals surface area contributed by atoms with Gasteiger partial charge in [0, 0.05) is 0 Å². The Morgan fingerprint density at radius 2 is 0.867 bits per heavy atom. The molecular formula is C18H14N8O4. The molecule has 2 aliphatic heterocycles. The number of hydrogen-bond donors (Lipinski definition) is 0. The first kappa shape index (κ1) is 16.1. The lowest BCUT2D eigenvalue weighted by Gasteiger charge is -2.60. The van der Waals surface area contributed by atoms with Crippen LogP contribution < -0.4 is 10.0 Å².